The summed E-state index contributed by atoms with van der Waals surface area (Å²) in [5.74, 6) is 1.48. The molecule has 0 bridgehead atoms. The first-order valence-corrected chi connectivity index (χ1v) is 7.95. The topological polar surface area (TPSA) is 72.1 Å². The van der Waals surface area contributed by atoms with Crippen LogP contribution in [0.25, 0.3) is 0 Å². The minimum atomic E-state index is -0.232. The van der Waals surface area contributed by atoms with Crippen LogP contribution in [-0.2, 0) is 4.74 Å². The first-order chi connectivity index (χ1) is 11.3. The summed E-state index contributed by atoms with van der Waals surface area (Å²) >= 11 is 0. The van der Waals surface area contributed by atoms with Crippen LogP contribution in [0.3, 0.4) is 0 Å². The van der Waals surface area contributed by atoms with Crippen LogP contribution in [0.5, 0.6) is 11.5 Å². The Morgan fingerprint density at radius 2 is 1.78 bits per heavy atom. The minimum Gasteiger partial charge on any atom is -0.494 e. The van der Waals surface area contributed by atoms with Gasteiger partial charge >= 0.3 is 6.03 Å². The summed E-state index contributed by atoms with van der Waals surface area (Å²) < 4.78 is 16.1. The molecule has 0 unspecified atom stereocenters. The van der Waals surface area contributed by atoms with Crippen LogP contribution in [0.15, 0.2) is 24.3 Å². The fourth-order valence-corrected chi connectivity index (χ4v) is 2.20. The number of carbonyl (C=O) groups is 1. The first kappa shape index (κ1) is 17.4. The van der Waals surface area contributed by atoms with E-state index in [2.05, 4.69) is 15.5 Å². The zero-order chi connectivity index (χ0) is 16.3. The quantitative estimate of drug-likeness (QED) is 0.700. The second kappa shape index (κ2) is 9.91. The van der Waals surface area contributed by atoms with E-state index < -0.39 is 0 Å². The smallest absolute Gasteiger partial charge is 0.317 e. The summed E-state index contributed by atoms with van der Waals surface area (Å²) in [4.78, 5) is 13.9. The molecule has 1 saturated heterocycles. The highest BCUT2D eigenvalue weighted by Gasteiger charge is 2.09. The van der Waals surface area contributed by atoms with Crippen molar-refractivity contribution in [3.8, 4) is 11.5 Å². The van der Waals surface area contributed by atoms with Gasteiger partial charge in [-0.15, -0.1) is 0 Å². The Hall–Kier alpha value is -1.99. The normalized spacial score (nSPS) is 15.0. The predicted octanol–water partition coefficient (Wildman–Crippen LogP) is 1.05. The number of carbonyl (C=O) groups excluding carboxylic acids is 1. The number of hydrogen-bond acceptors (Lipinski definition) is 5. The average Bonchev–Trinajstić information content (AvgIpc) is 2.58. The lowest BCUT2D eigenvalue weighted by Crippen LogP contribution is -2.44. The molecule has 1 aromatic rings. The maximum atomic E-state index is 11.6. The maximum Gasteiger partial charge on any atom is 0.317 e. The van der Waals surface area contributed by atoms with Crippen LogP contribution in [0.2, 0.25) is 0 Å². The molecule has 1 aliphatic rings. The number of nitrogens with zero attached hydrogens (tertiary/aromatic N) is 1. The van der Waals surface area contributed by atoms with E-state index >= 15 is 0 Å². The number of hydrogen-bond donors (Lipinski definition) is 2. The molecule has 1 fully saturated rings. The molecule has 0 saturated carbocycles. The summed E-state index contributed by atoms with van der Waals surface area (Å²) in [6, 6.07) is 7.05. The minimum absolute atomic E-state index is 0.122. The second-order valence-electron chi connectivity index (χ2n) is 5.08. The van der Waals surface area contributed by atoms with Crippen LogP contribution in [-0.4, -0.2) is 63.7 Å². The highest BCUT2D eigenvalue weighted by molar-refractivity contribution is 5.73. The molecule has 1 heterocycles. The molecule has 23 heavy (non-hydrogen) atoms. The third-order valence-electron chi connectivity index (χ3n) is 3.42. The Morgan fingerprint density at radius 3 is 2.43 bits per heavy atom. The Balaban J connectivity index is 1.55. The standard InChI is InChI=1S/C16H25N3O4/c1-2-22-14-3-5-15(6-4-14)23-13-18-16(20)17-7-8-19-9-11-21-12-10-19/h3-6H,2,7-13H2,1H3,(H2,17,18,20). The lowest BCUT2D eigenvalue weighted by atomic mass is 10.3. The van der Waals surface area contributed by atoms with E-state index in [1.165, 1.54) is 0 Å². The van der Waals surface area contributed by atoms with Crippen LogP contribution < -0.4 is 20.1 Å². The lowest BCUT2D eigenvalue weighted by Gasteiger charge is -2.26. The summed E-state index contributed by atoms with van der Waals surface area (Å²) in [6.07, 6.45) is 0. The number of rotatable bonds is 8. The Labute approximate surface area is 136 Å². The number of ether oxygens (including phenoxy) is 3. The Bertz CT molecular complexity index is 461. The molecule has 0 aliphatic carbocycles. The maximum absolute atomic E-state index is 11.6. The van der Waals surface area contributed by atoms with E-state index in [9.17, 15) is 4.79 Å². The summed E-state index contributed by atoms with van der Waals surface area (Å²) in [6.45, 7) is 7.50. The van der Waals surface area contributed by atoms with Crippen molar-refractivity contribution in [1.82, 2.24) is 15.5 Å². The van der Waals surface area contributed by atoms with Crippen molar-refractivity contribution < 1.29 is 19.0 Å². The predicted molar refractivity (Wildman–Crippen MR) is 86.9 cm³/mol. The highest BCUT2D eigenvalue weighted by atomic mass is 16.5. The van der Waals surface area contributed by atoms with Gasteiger partial charge in [-0.1, -0.05) is 0 Å². The van der Waals surface area contributed by atoms with E-state index in [-0.39, 0.29) is 12.8 Å². The third-order valence-corrected chi connectivity index (χ3v) is 3.42. The number of morpholine rings is 1. The zero-order valence-corrected chi connectivity index (χ0v) is 13.5. The van der Waals surface area contributed by atoms with E-state index in [0.29, 0.717) is 18.9 Å². The van der Waals surface area contributed by atoms with Gasteiger partial charge in [0.15, 0.2) is 6.73 Å². The summed E-state index contributed by atoms with van der Waals surface area (Å²) in [5, 5.41) is 5.47. The molecular weight excluding hydrogens is 298 g/mol. The fraction of sp³-hybridized carbons (Fsp3) is 0.562. The molecule has 0 radical (unpaired) electrons. The molecule has 128 valence electrons. The van der Waals surface area contributed by atoms with Crippen molar-refractivity contribution in [3.63, 3.8) is 0 Å². The Kier molecular flexibility index (Phi) is 7.48. The first-order valence-electron chi connectivity index (χ1n) is 7.95. The average molecular weight is 323 g/mol. The lowest BCUT2D eigenvalue weighted by molar-refractivity contribution is 0.0387. The van der Waals surface area contributed by atoms with Gasteiger partial charge in [-0.3, -0.25) is 4.90 Å². The van der Waals surface area contributed by atoms with Gasteiger partial charge in [0.05, 0.1) is 19.8 Å². The molecular formula is C16H25N3O4. The highest BCUT2D eigenvalue weighted by Crippen LogP contribution is 2.17. The van der Waals surface area contributed by atoms with Crippen molar-refractivity contribution in [2.75, 3.05) is 52.7 Å². The van der Waals surface area contributed by atoms with Crippen molar-refractivity contribution >= 4 is 6.03 Å². The molecule has 2 rings (SSSR count). The van der Waals surface area contributed by atoms with Gasteiger partial charge in [0.2, 0.25) is 0 Å². The van der Waals surface area contributed by atoms with Crippen LogP contribution in [0.4, 0.5) is 4.79 Å². The molecule has 0 aromatic heterocycles. The van der Waals surface area contributed by atoms with E-state index in [0.717, 1.165) is 38.6 Å². The largest absolute Gasteiger partial charge is 0.494 e. The third kappa shape index (κ3) is 6.75. The molecule has 0 spiro atoms. The van der Waals surface area contributed by atoms with Gasteiger partial charge in [0, 0.05) is 26.2 Å². The van der Waals surface area contributed by atoms with Crippen molar-refractivity contribution in [2.24, 2.45) is 0 Å². The van der Waals surface area contributed by atoms with Crippen LogP contribution in [0, 0.1) is 0 Å². The molecule has 7 nitrogen and oxygen atoms in total. The zero-order valence-electron chi connectivity index (χ0n) is 13.5. The number of urea groups is 1. The fourth-order valence-electron chi connectivity index (χ4n) is 2.20. The molecule has 1 aliphatic heterocycles. The van der Waals surface area contributed by atoms with Crippen molar-refractivity contribution in [3.05, 3.63) is 24.3 Å². The van der Waals surface area contributed by atoms with E-state index in [4.69, 9.17) is 14.2 Å². The van der Waals surface area contributed by atoms with Crippen LogP contribution in [0.1, 0.15) is 6.92 Å². The number of benzene rings is 1. The molecule has 7 heteroatoms. The molecule has 0 atom stereocenters. The van der Waals surface area contributed by atoms with E-state index in [1.807, 2.05) is 31.2 Å². The SMILES string of the molecule is CCOc1ccc(OCNC(=O)NCCN2CCOCC2)cc1. The number of nitrogens with one attached hydrogen (secondary N) is 2. The van der Waals surface area contributed by atoms with Gasteiger partial charge in [-0.05, 0) is 31.2 Å². The Morgan fingerprint density at radius 1 is 1.13 bits per heavy atom. The van der Waals surface area contributed by atoms with Gasteiger partial charge < -0.3 is 24.8 Å². The van der Waals surface area contributed by atoms with Gasteiger partial charge in [-0.25, -0.2) is 4.79 Å². The summed E-state index contributed by atoms with van der Waals surface area (Å²) in [5.41, 5.74) is 0. The van der Waals surface area contributed by atoms with Gasteiger partial charge in [0.25, 0.3) is 0 Å². The van der Waals surface area contributed by atoms with E-state index in [1.54, 1.807) is 0 Å². The van der Waals surface area contributed by atoms with Gasteiger partial charge in [-0.2, -0.15) is 0 Å². The monoisotopic (exact) mass is 323 g/mol. The van der Waals surface area contributed by atoms with Gasteiger partial charge in [0.1, 0.15) is 11.5 Å². The molecule has 1 aromatic carbocycles. The van der Waals surface area contributed by atoms with Crippen molar-refractivity contribution in [1.29, 1.82) is 0 Å². The van der Waals surface area contributed by atoms with Crippen LogP contribution >= 0.6 is 0 Å². The van der Waals surface area contributed by atoms with Crippen molar-refractivity contribution in [2.45, 2.75) is 6.92 Å². The molecule has 2 N–H and O–H groups in total. The summed E-state index contributed by atoms with van der Waals surface area (Å²) in [7, 11) is 0. The second-order valence-corrected chi connectivity index (χ2v) is 5.08. The number of amides is 2. The molecule has 2 amide bonds.